The van der Waals surface area contributed by atoms with E-state index in [0.29, 0.717) is 5.02 Å². The average molecular weight is 343 g/mol. The Kier molecular flexibility index (Phi) is 3.98. The molecule has 1 aliphatic rings. The molecular formula is C19H16Cl2N2. The number of rotatable bonds is 2. The molecule has 2 aromatic carbocycles. The number of benzene rings is 2. The van der Waals surface area contributed by atoms with Crippen LogP contribution in [0.3, 0.4) is 0 Å². The van der Waals surface area contributed by atoms with E-state index in [9.17, 15) is 0 Å². The zero-order valence-electron chi connectivity index (χ0n) is 12.6. The molecule has 0 unspecified atom stereocenters. The van der Waals surface area contributed by atoms with Crippen LogP contribution in [0.15, 0.2) is 48.5 Å². The minimum atomic E-state index is 0.675. The van der Waals surface area contributed by atoms with Gasteiger partial charge in [-0.1, -0.05) is 59.6 Å². The molecule has 3 aromatic rings. The average Bonchev–Trinajstić information content (AvgIpc) is 2.55. The molecule has 0 bridgehead atoms. The molecule has 4 rings (SSSR count). The van der Waals surface area contributed by atoms with Crippen LogP contribution < -0.4 is 0 Å². The monoisotopic (exact) mass is 342 g/mol. The van der Waals surface area contributed by atoms with E-state index in [4.69, 9.17) is 28.2 Å². The highest BCUT2D eigenvalue weighted by atomic mass is 35.5. The molecule has 0 N–H and O–H groups in total. The van der Waals surface area contributed by atoms with Crippen molar-refractivity contribution in [3.63, 3.8) is 0 Å². The van der Waals surface area contributed by atoms with E-state index in [2.05, 4.69) is 29.2 Å². The van der Waals surface area contributed by atoms with Crippen LogP contribution >= 0.6 is 23.2 Å². The van der Waals surface area contributed by atoms with Crippen molar-refractivity contribution >= 4 is 34.1 Å². The fourth-order valence-corrected chi connectivity index (χ4v) is 3.95. The maximum absolute atomic E-state index is 6.63. The summed E-state index contributed by atoms with van der Waals surface area (Å²) in [5, 5.41) is 2.33. The molecule has 116 valence electrons. The van der Waals surface area contributed by atoms with Gasteiger partial charge >= 0.3 is 0 Å². The number of pyridine rings is 1. The van der Waals surface area contributed by atoms with Gasteiger partial charge in [0, 0.05) is 25.0 Å². The van der Waals surface area contributed by atoms with Crippen molar-refractivity contribution in [1.82, 2.24) is 9.88 Å². The normalized spacial score (nSPS) is 14.9. The molecule has 0 aliphatic carbocycles. The first-order chi connectivity index (χ1) is 11.2. The van der Waals surface area contributed by atoms with Crippen molar-refractivity contribution in [2.24, 2.45) is 0 Å². The van der Waals surface area contributed by atoms with Gasteiger partial charge in [-0.15, -0.1) is 0 Å². The van der Waals surface area contributed by atoms with E-state index < -0.39 is 0 Å². The fourth-order valence-electron chi connectivity index (χ4n) is 3.24. The highest BCUT2D eigenvalue weighted by molar-refractivity contribution is 6.42. The Hall–Kier alpha value is -1.61. The van der Waals surface area contributed by atoms with Crippen LogP contribution in [-0.2, 0) is 19.5 Å². The van der Waals surface area contributed by atoms with Crippen LogP contribution in [0.4, 0.5) is 0 Å². The predicted molar refractivity (Wildman–Crippen MR) is 96.0 cm³/mol. The first kappa shape index (κ1) is 14.9. The predicted octanol–water partition coefficient (Wildman–Crippen LogP) is 5.10. The summed E-state index contributed by atoms with van der Waals surface area (Å²) >= 11 is 12.9. The van der Waals surface area contributed by atoms with Crippen molar-refractivity contribution in [2.45, 2.75) is 19.5 Å². The lowest BCUT2D eigenvalue weighted by Crippen LogP contribution is -2.31. The number of aromatic nitrogens is 1. The minimum absolute atomic E-state index is 0.675. The number of fused-ring (bicyclic) bond motifs is 2. The summed E-state index contributed by atoms with van der Waals surface area (Å²) in [6.45, 7) is 2.75. The SMILES string of the molecule is Clc1cccc2nc3c(c(Cl)c12)CCN(Cc1ccccc1)C3. The van der Waals surface area contributed by atoms with E-state index in [1.165, 1.54) is 5.56 Å². The first-order valence-corrected chi connectivity index (χ1v) is 8.50. The van der Waals surface area contributed by atoms with Gasteiger partial charge < -0.3 is 0 Å². The molecule has 2 heterocycles. The van der Waals surface area contributed by atoms with Crippen molar-refractivity contribution in [3.05, 3.63) is 75.4 Å². The van der Waals surface area contributed by atoms with Crippen LogP contribution in [0, 0.1) is 0 Å². The molecule has 0 saturated heterocycles. The zero-order valence-corrected chi connectivity index (χ0v) is 14.1. The Morgan fingerprint density at radius 2 is 1.83 bits per heavy atom. The zero-order chi connectivity index (χ0) is 15.8. The largest absolute Gasteiger partial charge is 0.293 e. The Labute approximate surface area is 145 Å². The second-order valence-corrected chi connectivity index (χ2v) is 6.72. The van der Waals surface area contributed by atoms with Gasteiger partial charge in [-0.05, 0) is 29.7 Å². The Bertz CT molecular complexity index is 862. The summed E-state index contributed by atoms with van der Waals surface area (Å²) in [7, 11) is 0. The summed E-state index contributed by atoms with van der Waals surface area (Å²) in [5.74, 6) is 0. The summed E-state index contributed by atoms with van der Waals surface area (Å²) < 4.78 is 0. The molecule has 0 radical (unpaired) electrons. The Morgan fingerprint density at radius 3 is 2.65 bits per heavy atom. The molecule has 0 spiro atoms. The van der Waals surface area contributed by atoms with Crippen LogP contribution in [-0.4, -0.2) is 16.4 Å². The van der Waals surface area contributed by atoms with Gasteiger partial charge in [0.25, 0.3) is 0 Å². The third-order valence-electron chi connectivity index (χ3n) is 4.38. The second-order valence-electron chi connectivity index (χ2n) is 5.93. The molecule has 0 amide bonds. The summed E-state index contributed by atoms with van der Waals surface area (Å²) in [4.78, 5) is 7.23. The van der Waals surface area contributed by atoms with Gasteiger partial charge in [0.1, 0.15) is 0 Å². The van der Waals surface area contributed by atoms with Gasteiger partial charge in [-0.3, -0.25) is 9.88 Å². The number of hydrogen-bond acceptors (Lipinski definition) is 2. The van der Waals surface area contributed by atoms with Gasteiger partial charge in [-0.25, -0.2) is 0 Å². The van der Waals surface area contributed by atoms with Crippen LogP contribution in [0.1, 0.15) is 16.8 Å². The molecule has 1 aromatic heterocycles. The van der Waals surface area contributed by atoms with Crippen molar-refractivity contribution < 1.29 is 0 Å². The lowest BCUT2D eigenvalue weighted by atomic mass is 10.0. The number of nitrogens with zero attached hydrogens (tertiary/aromatic N) is 2. The maximum atomic E-state index is 6.63. The van der Waals surface area contributed by atoms with Crippen molar-refractivity contribution in [1.29, 1.82) is 0 Å². The molecule has 23 heavy (non-hydrogen) atoms. The van der Waals surface area contributed by atoms with Crippen LogP contribution in [0.5, 0.6) is 0 Å². The quantitative estimate of drug-likeness (QED) is 0.644. The Morgan fingerprint density at radius 1 is 1.00 bits per heavy atom. The van der Waals surface area contributed by atoms with E-state index in [-0.39, 0.29) is 0 Å². The van der Waals surface area contributed by atoms with Gasteiger partial charge in [0.15, 0.2) is 0 Å². The molecule has 0 atom stereocenters. The van der Waals surface area contributed by atoms with Crippen molar-refractivity contribution in [2.75, 3.05) is 6.54 Å². The smallest absolute Gasteiger partial charge is 0.0736 e. The second kappa shape index (κ2) is 6.12. The van der Waals surface area contributed by atoms with Gasteiger partial charge in [0.05, 0.1) is 21.3 Å². The van der Waals surface area contributed by atoms with Crippen LogP contribution in [0.2, 0.25) is 10.0 Å². The molecule has 2 nitrogen and oxygen atoms in total. The molecule has 0 fully saturated rings. The summed E-state index contributed by atoms with van der Waals surface area (Å²) in [6, 6.07) is 16.3. The third kappa shape index (κ3) is 2.83. The molecule has 0 saturated carbocycles. The van der Waals surface area contributed by atoms with Crippen LogP contribution in [0.25, 0.3) is 10.9 Å². The topological polar surface area (TPSA) is 16.1 Å². The first-order valence-electron chi connectivity index (χ1n) is 7.74. The van der Waals surface area contributed by atoms with Gasteiger partial charge in [0.2, 0.25) is 0 Å². The van der Waals surface area contributed by atoms with E-state index >= 15 is 0 Å². The van der Waals surface area contributed by atoms with E-state index in [1.807, 2.05) is 24.3 Å². The molecular weight excluding hydrogens is 327 g/mol. The maximum Gasteiger partial charge on any atom is 0.0736 e. The summed E-state index contributed by atoms with van der Waals surface area (Å²) in [5.41, 5.74) is 4.43. The van der Waals surface area contributed by atoms with E-state index in [0.717, 1.165) is 53.2 Å². The fraction of sp³-hybridized carbons (Fsp3) is 0.211. The standard InChI is InChI=1S/C19H16Cl2N2/c20-15-7-4-8-16-18(15)19(21)14-9-10-23(12-17(14)22-16)11-13-5-2-1-3-6-13/h1-8H,9-12H2. The van der Waals surface area contributed by atoms with Gasteiger partial charge in [-0.2, -0.15) is 0 Å². The lowest BCUT2D eigenvalue weighted by Gasteiger charge is -2.29. The highest BCUT2D eigenvalue weighted by Crippen LogP contribution is 2.35. The minimum Gasteiger partial charge on any atom is -0.293 e. The number of halogens is 2. The number of hydrogen-bond donors (Lipinski definition) is 0. The highest BCUT2D eigenvalue weighted by Gasteiger charge is 2.22. The molecule has 4 heteroatoms. The van der Waals surface area contributed by atoms with Crippen molar-refractivity contribution in [3.8, 4) is 0 Å². The Balaban J connectivity index is 1.68. The third-order valence-corrected chi connectivity index (χ3v) is 5.11. The molecule has 1 aliphatic heterocycles. The summed E-state index contributed by atoms with van der Waals surface area (Å²) in [6.07, 6.45) is 0.912. The lowest BCUT2D eigenvalue weighted by molar-refractivity contribution is 0.242. The van der Waals surface area contributed by atoms with E-state index in [1.54, 1.807) is 0 Å².